The first-order valence-electron chi connectivity index (χ1n) is 6.01. The average molecular weight is 235 g/mol. The highest BCUT2D eigenvalue weighted by molar-refractivity contribution is 6.02. The Balaban J connectivity index is 1.88. The first kappa shape index (κ1) is 10.6. The first-order chi connectivity index (χ1) is 8.16. The molecule has 6 heteroatoms. The van der Waals surface area contributed by atoms with Crippen molar-refractivity contribution in [1.82, 2.24) is 15.1 Å². The molecule has 3 heterocycles. The molecule has 92 valence electrons. The molecule has 17 heavy (non-hydrogen) atoms. The van der Waals surface area contributed by atoms with E-state index in [4.69, 9.17) is 0 Å². The fourth-order valence-electron chi connectivity index (χ4n) is 2.57. The summed E-state index contributed by atoms with van der Waals surface area (Å²) in [6.07, 6.45) is 1.66. The van der Waals surface area contributed by atoms with Crippen LogP contribution in [-0.4, -0.2) is 52.7 Å². The largest absolute Gasteiger partial charge is 0.341 e. The van der Waals surface area contributed by atoms with Crippen molar-refractivity contribution in [3.63, 3.8) is 0 Å². The van der Waals surface area contributed by atoms with Crippen LogP contribution in [0.3, 0.4) is 0 Å². The molecule has 1 amide bonds. The van der Waals surface area contributed by atoms with Gasteiger partial charge < -0.3 is 10.2 Å². The van der Waals surface area contributed by atoms with E-state index in [9.17, 15) is 4.79 Å². The molecular formula is C11H17N5O. The van der Waals surface area contributed by atoms with Crippen molar-refractivity contribution >= 4 is 17.4 Å². The summed E-state index contributed by atoms with van der Waals surface area (Å²) in [6, 6.07) is 0.382. The van der Waals surface area contributed by atoms with Crippen LogP contribution in [0.2, 0.25) is 0 Å². The van der Waals surface area contributed by atoms with Gasteiger partial charge in [0.25, 0.3) is 0 Å². The molecule has 0 aliphatic carbocycles. The molecule has 6 nitrogen and oxygen atoms in total. The summed E-state index contributed by atoms with van der Waals surface area (Å²) in [5.74, 6) is 1.02. The van der Waals surface area contributed by atoms with Gasteiger partial charge in [-0.2, -0.15) is 5.10 Å². The average Bonchev–Trinajstić information content (AvgIpc) is 2.76. The Hall–Kier alpha value is -1.56. The van der Waals surface area contributed by atoms with Crippen molar-refractivity contribution < 1.29 is 4.79 Å². The molecule has 1 fully saturated rings. The van der Waals surface area contributed by atoms with Crippen molar-refractivity contribution in [2.24, 2.45) is 0 Å². The Kier molecular flexibility index (Phi) is 2.32. The van der Waals surface area contributed by atoms with Gasteiger partial charge in [0, 0.05) is 25.7 Å². The summed E-state index contributed by atoms with van der Waals surface area (Å²) >= 11 is 0. The number of nitrogens with one attached hydrogen (secondary N) is 2. The summed E-state index contributed by atoms with van der Waals surface area (Å²) in [5, 5.41) is 9.85. The summed E-state index contributed by atoms with van der Waals surface area (Å²) in [5.41, 5.74) is 0.796. The molecule has 1 atom stereocenters. The minimum atomic E-state index is -0.0981. The van der Waals surface area contributed by atoms with Gasteiger partial charge in [-0.25, -0.2) is 0 Å². The van der Waals surface area contributed by atoms with Crippen molar-refractivity contribution in [3.05, 3.63) is 6.20 Å². The Bertz CT molecular complexity index is 441. The lowest BCUT2D eigenvalue weighted by Gasteiger charge is -2.44. The Morgan fingerprint density at radius 2 is 2.29 bits per heavy atom. The van der Waals surface area contributed by atoms with Crippen LogP contribution in [0.4, 0.5) is 11.5 Å². The maximum absolute atomic E-state index is 12.0. The van der Waals surface area contributed by atoms with E-state index in [0.717, 1.165) is 31.1 Å². The number of fused-ring (bicyclic) bond motifs is 3. The second kappa shape index (κ2) is 3.73. The minimum absolute atomic E-state index is 0.0734. The topological polar surface area (TPSA) is 64.3 Å². The van der Waals surface area contributed by atoms with Gasteiger partial charge in [-0.05, 0) is 13.8 Å². The molecule has 0 aromatic carbocycles. The number of hydrogen-bond donors (Lipinski definition) is 2. The Morgan fingerprint density at radius 3 is 3.06 bits per heavy atom. The molecule has 1 aromatic rings. The van der Waals surface area contributed by atoms with E-state index in [1.807, 2.05) is 0 Å². The molecule has 1 saturated heterocycles. The van der Waals surface area contributed by atoms with Crippen LogP contribution in [-0.2, 0) is 4.79 Å². The van der Waals surface area contributed by atoms with E-state index in [-0.39, 0.29) is 11.9 Å². The number of aromatic amines is 1. The summed E-state index contributed by atoms with van der Waals surface area (Å²) in [6.45, 7) is 6.96. The van der Waals surface area contributed by atoms with E-state index in [2.05, 4.69) is 39.2 Å². The summed E-state index contributed by atoms with van der Waals surface area (Å²) in [4.78, 5) is 16.5. The fourth-order valence-corrected chi connectivity index (χ4v) is 2.57. The second-order valence-corrected chi connectivity index (χ2v) is 4.92. The summed E-state index contributed by atoms with van der Waals surface area (Å²) in [7, 11) is 0. The number of nitrogens with zero attached hydrogens (tertiary/aromatic N) is 3. The fraction of sp³-hybridized carbons (Fsp3) is 0.636. The molecule has 2 aliphatic rings. The van der Waals surface area contributed by atoms with Crippen LogP contribution in [0, 0.1) is 0 Å². The molecule has 1 aromatic heterocycles. The number of H-pyrrole nitrogens is 1. The standard InChI is InChI=1S/C11H17N5O/c1-7(2)15-3-4-16-9(6-15)11(17)13-8-5-12-14-10(8)16/h5,7,9H,3-4,6H2,1-2H3,(H,12,14)(H,13,17)/t9-/m1/s1. The normalized spacial score (nSPS) is 24.5. The molecule has 2 aliphatic heterocycles. The lowest BCUT2D eigenvalue weighted by atomic mass is 10.1. The third-order valence-corrected chi connectivity index (χ3v) is 3.61. The van der Waals surface area contributed by atoms with Crippen molar-refractivity contribution in [2.45, 2.75) is 25.9 Å². The number of aromatic nitrogens is 2. The maximum atomic E-state index is 12.0. The van der Waals surface area contributed by atoms with Gasteiger partial charge in [0.15, 0.2) is 0 Å². The molecule has 3 rings (SSSR count). The highest BCUT2D eigenvalue weighted by Gasteiger charge is 2.38. The van der Waals surface area contributed by atoms with Gasteiger partial charge in [-0.3, -0.25) is 14.8 Å². The Labute approximate surface area is 100.0 Å². The van der Waals surface area contributed by atoms with Gasteiger partial charge in [0.1, 0.15) is 17.5 Å². The van der Waals surface area contributed by atoms with Crippen LogP contribution in [0.25, 0.3) is 0 Å². The van der Waals surface area contributed by atoms with E-state index >= 15 is 0 Å². The third kappa shape index (κ3) is 1.59. The molecule has 0 bridgehead atoms. The van der Waals surface area contributed by atoms with Gasteiger partial charge >= 0.3 is 0 Å². The van der Waals surface area contributed by atoms with Crippen LogP contribution in [0.15, 0.2) is 6.20 Å². The van der Waals surface area contributed by atoms with Gasteiger partial charge in [0.05, 0.1) is 6.20 Å². The lowest BCUT2D eigenvalue weighted by Crippen LogP contribution is -2.61. The number of amides is 1. The van der Waals surface area contributed by atoms with Gasteiger partial charge in [-0.1, -0.05) is 0 Å². The molecule has 0 saturated carbocycles. The number of piperazine rings is 1. The van der Waals surface area contributed by atoms with Crippen molar-refractivity contribution in [3.8, 4) is 0 Å². The zero-order chi connectivity index (χ0) is 12.0. The number of anilines is 2. The van der Waals surface area contributed by atoms with E-state index in [1.54, 1.807) is 6.20 Å². The predicted octanol–water partition coefficient (Wildman–Crippen LogP) is 0.261. The molecular weight excluding hydrogens is 218 g/mol. The molecule has 0 unspecified atom stereocenters. The monoisotopic (exact) mass is 235 g/mol. The van der Waals surface area contributed by atoms with Gasteiger partial charge in [0.2, 0.25) is 5.91 Å². The number of rotatable bonds is 1. The van der Waals surface area contributed by atoms with Crippen molar-refractivity contribution in [2.75, 3.05) is 29.9 Å². The van der Waals surface area contributed by atoms with Crippen LogP contribution in [0.5, 0.6) is 0 Å². The number of hydrogen-bond acceptors (Lipinski definition) is 4. The Morgan fingerprint density at radius 1 is 1.47 bits per heavy atom. The minimum Gasteiger partial charge on any atom is -0.341 e. The molecule has 2 N–H and O–H groups in total. The van der Waals surface area contributed by atoms with Crippen molar-refractivity contribution in [1.29, 1.82) is 0 Å². The first-order valence-corrected chi connectivity index (χ1v) is 6.01. The smallest absolute Gasteiger partial charge is 0.248 e. The van der Waals surface area contributed by atoms with E-state index < -0.39 is 0 Å². The van der Waals surface area contributed by atoms with Gasteiger partial charge in [-0.15, -0.1) is 0 Å². The lowest BCUT2D eigenvalue weighted by molar-refractivity contribution is -0.118. The van der Waals surface area contributed by atoms with Crippen LogP contribution >= 0.6 is 0 Å². The zero-order valence-corrected chi connectivity index (χ0v) is 10.1. The van der Waals surface area contributed by atoms with Crippen LogP contribution < -0.4 is 10.2 Å². The molecule has 0 spiro atoms. The van der Waals surface area contributed by atoms with E-state index in [0.29, 0.717) is 6.04 Å². The predicted molar refractivity (Wildman–Crippen MR) is 65.1 cm³/mol. The highest BCUT2D eigenvalue weighted by Crippen LogP contribution is 2.31. The quantitative estimate of drug-likeness (QED) is 0.733. The third-order valence-electron chi connectivity index (χ3n) is 3.61. The number of carbonyl (C=O) groups is 1. The highest BCUT2D eigenvalue weighted by atomic mass is 16.2. The number of carbonyl (C=O) groups excluding carboxylic acids is 1. The van der Waals surface area contributed by atoms with E-state index in [1.165, 1.54) is 0 Å². The zero-order valence-electron chi connectivity index (χ0n) is 10.1. The summed E-state index contributed by atoms with van der Waals surface area (Å²) < 4.78 is 0. The molecule has 0 radical (unpaired) electrons. The second-order valence-electron chi connectivity index (χ2n) is 4.92. The maximum Gasteiger partial charge on any atom is 0.248 e. The van der Waals surface area contributed by atoms with Crippen LogP contribution in [0.1, 0.15) is 13.8 Å². The SMILES string of the molecule is CC(C)N1CCN2c3[nH]ncc3NC(=O)[C@H]2C1.